The predicted molar refractivity (Wildman–Crippen MR) is 174 cm³/mol. The number of benzene rings is 3. The summed E-state index contributed by atoms with van der Waals surface area (Å²) in [4.78, 5) is 76.3. The second-order valence-corrected chi connectivity index (χ2v) is 11.4. The van der Waals surface area contributed by atoms with E-state index in [0.717, 1.165) is 0 Å². The molecule has 0 saturated carbocycles. The number of fused-ring (bicyclic) bond motifs is 1. The van der Waals surface area contributed by atoms with E-state index in [0.29, 0.717) is 0 Å². The number of amides is 1. The molecule has 0 radical (unpaired) electrons. The number of imidazole rings is 1. The predicted octanol–water partition coefficient (Wildman–Crippen LogP) is 3.92. The zero-order valence-corrected chi connectivity index (χ0v) is 26.3. The molecule has 6 rings (SSSR count). The van der Waals surface area contributed by atoms with Gasteiger partial charge in [0.15, 0.2) is 29.6 Å². The molecule has 4 atom stereocenters. The summed E-state index contributed by atoms with van der Waals surface area (Å²) >= 11 is 0. The number of carbonyl (C=O) groups excluding carboxylic acids is 4. The van der Waals surface area contributed by atoms with Crippen LogP contribution in [0.1, 0.15) is 51.1 Å². The topological polar surface area (TPSA) is 181 Å². The number of H-pyrrole nitrogens is 1. The van der Waals surface area contributed by atoms with E-state index in [1.54, 1.807) is 105 Å². The van der Waals surface area contributed by atoms with E-state index in [9.17, 15) is 24.0 Å². The largest absolute Gasteiger partial charge is 0.459 e. The lowest BCUT2D eigenvalue weighted by molar-refractivity contribution is -0.118. The summed E-state index contributed by atoms with van der Waals surface area (Å²) in [6, 6.07) is 24.6. The van der Waals surface area contributed by atoms with E-state index in [1.165, 1.54) is 10.9 Å². The number of nitrogens with one attached hydrogen (secondary N) is 2. The molecule has 14 heteroatoms. The Morgan fingerprint density at radius 2 is 1.35 bits per heavy atom. The fourth-order valence-electron chi connectivity index (χ4n) is 5.11. The smallest absolute Gasteiger partial charge is 0.338 e. The third-order valence-electron chi connectivity index (χ3n) is 7.65. The van der Waals surface area contributed by atoms with Crippen LogP contribution < -0.4 is 10.9 Å². The summed E-state index contributed by atoms with van der Waals surface area (Å²) in [6.07, 6.45) is -3.90. The highest BCUT2D eigenvalue weighted by Crippen LogP contribution is 2.36. The van der Waals surface area contributed by atoms with Crippen LogP contribution in [0.2, 0.25) is 0 Å². The van der Waals surface area contributed by atoms with E-state index < -0.39 is 66.4 Å². The first-order valence-electron chi connectivity index (χ1n) is 15.4. The van der Waals surface area contributed by atoms with Gasteiger partial charge in [-0.25, -0.2) is 19.4 Å². The summed E-state index contributed by atoms with van der Waals surface area (Å²) in [7, 11) is 0. The molecule has 49 heavy (non-hydrogen) atoms. The first-order chi connectivity index (χ1) is 23.7. The van der Waals surface area contributed by atoms with Crippen molar-refractivity contribution in [2.75, 3.05) is 11.9 Å². The summed E-state index contributed by atoms with van der Waals surface area (Å²) in [5.41, 5.74) is -0.0799. The molecule has 1 amide bonds. The maximum Gasteiger partial charge on any atom is 0.338 e. The normalized spacial score (nSPS) is 18.6. The fourth-order valence-corrected chi connectivity index (χ4v) is 5.11. The second-order valence-electron chi connectivity index (χ2n) is 11.4. The van der Waals surface area contributed by atoms with Crippen molar-refractivity contribution in [3.8, 4) is 0 Å². The van der Waals surface area contributed by atoms with Crippen LogP contribution in [0.25, 0.3) is 11.2 Å². The van der Waals surface area contributed by atoms with Gasteiger partial charge in [0.05, 0.1) is 23.0 Å². The second kappa shape index (κ2) is 14.3. The molecule has 0 bridgehead atoms. The van der Waals surface area contributed by atoms with Crippen LogP contribution >= 0.6 is 0 Å². The molecule has 2 unspecified atom stereocenters. The van der Waals surface area contributed by atoms with Gasteiger partial charge in [0.25, 0.3) is 5.56 Å². The van der Waals surface area contributed by atoms with Gasteiger partial charge >= 0.3 is 17.9 Å². The number of hydrogen-bond acceptors (Lipinski definition) is 11. The van der Waals surface area contributed by atoms with Crippen molar-refractivity contribution in [2.45, 2.75) is 38.4 Å². The van der Waals surface area contributed by atoms with Crippen molar-refractivity contribution in [3.05, 3.63) is 124 Å². The van der Waals surface area contributed by atoms with Gasteiger partial charge in [-0.1, -0.05) is 68.4 Å². The van der Waals surface area contributed by atoms with Gasteiger partial charge in [0.2, 0.25) is 11.9 Å². The van der Waals surface area contributed by atoms with E-state index in [-0.39, 0.29) is 33.8 Å². The summed E-state index contributed by atoms with van der Waals surface area (Å²) in [5, 5.41) is 2.56. The molecule has 3 heterocycles. The summed E-state index contributed by atoms with van der Waals surface area (Å²) in [6.45, 7) is 2.94. The number of nitrogens with zero attached hydrogens (tertiary/aromatic N) is 3. The summed E-state index contributed by atoms with van der Waals surface area (Å²) in [5.74, 6) is -3.13. The van der Waals surface area contributed by atoms with E-state index in [1.807, 2.05) is 0 Å². The number of aromatic nitrogens is 4. The minimum atomic E-state index is -1.37. The zero-order valence-electron chi connectivity index (χ0n) is 26.3. The molecule has 250 valence electrons. The minimum Gasteiger partial charge on any atom is -0.459 e. The van der Waals surface area contributed by atoms with Crippen LogP contribution in [-0.4, -0.2) is 68.3 Å². The number of hydrogen-bond donors (Lipinski definition) is 2. The van der Waals surface area contributed by atoms with Crippen molar-refractivity contribution in [1.29, 1.82) is 0 Å². The number of carbonyl (C=O) groups is 4. The molecule has 0 spiro atoms. The quantitative estimate of drug-likeness (QED) is 0.163. The number of anilines is 1. The Bertz CT molecular complexity index is 2030. The Balaban J connectivity index is 1.41. The molecular weight excluding hydrogens is 634 g/mol. The number of rotatable bonds is 10. The van der Waals surface area contributed by atoms with Gasteiger partial charge < -0.3 is 18.9 Å². The number of aromatic amines is 1. The molecule has 14 nitrogen and oxygen atoms in total. The maximum atomic E-state index is 13.5. The Morgan fingerprint density at radius 3 is 1.90 bits per heavy atom. The minimum absolute atomic E-state index is 0.0244. The van der Waals surface area contributed by atoms with Crippen LogP contribution in [0, 0.1) is 5.92 Å². The number of ether oxygens (including phenoxy) is 4. The molecule has 3 aromatic carbocycles. The van der Waals surface area contributed by atoms with Crippen molar-refractivity contribution in [1.82, 2.24) is 19.5 Å². The van der Waals surface area contributed by atoms with E-state index >= 15 is 0 Å². The third-order valence-corrected chi connectivity index (χ3v) is 7.65. The molecule has 2 N–H and O–H groups in total. The van der Waals surface area contributed by atoms with Gasteiger partial charge in [-0.05, 0) is 36.4 Å². The van der Waals surface area contributed by atoms with Gasteiger partial charge in [0.1, 0.15) is 12.7 Å². The van der Waals surface area contributed by atoms with Crippen LogP contribution in [0.5, 0.6) is 0 Å². The molecule has 2 aromatic heterocycles. The highest BCUT2D eigenvalue weighted by Gasteiger charge is 2.52. The molecule has 1 aliphatic rings. The lowest BCUT2D eigenvalue weighted by Gasteiger charge is -2.25. The molecule has 1 saturated heterocycles. The van der Waals surface area contributed by atoms with E-state index in [4.69, 9.17) is 18.9 Å². The Kier molecular flexibility index (Phi) is 9.57. The van der Waals surface area contributed by atoms with Crippen LogP contribution in [0.15, 0.2) is 102 Å². The van der Waals surface area contributed by atoms with Crippen molar-refractivity contribution >= 4 is 40.9 Å². The van der Waals surface area contributed by atoms with E-state index in [2.05, 4.69) is 20.3 Å². The lowest BCUT2D eigenvalue weighted by atomic mass is 10.1. The Labute approximate surface area is 279 Å². The molecule has 1 fully saturated rings. The van der Waals surface area contributed by atoms with Crippen molar-refractivity contribution in [2.24, 2.45) is 5.92 Å². The lowest BCUT2D eigenvalue weighted by Crippen LogP contribution is -2.41. The average Bonchev–Trinajstić information content (AvgIpc) is 3.69. The van der Waals surface area contributed by atoms with Gasteiger partial charge in [-0.15, -0.1) is 0 Å². The van der Waals surface area contributed by atoms with Crippen LogP contribution in [0.4, 0.5) is 5.95 Å². The maximum absolute atomic E-state index is 13.5. The SMILES string of the molecule is CC(C)C(=O)Nc1nc2c(ncn2[C@H]2O[C@@H](COC(=O)c3ccccc3)C(OC(=O)c3ccccc3)C2OC(=O)c2ccccc2)c(=O)[nH]1. The Morgan fingerprint density at radius 1 is 0.816 bits per heavy atom. The van der Waals surface area contributed by atoms with Crippen LogP contribution in [-0.2, 0) is 23.7 Å². The van der Waals surface area contributed by atoms with Gasteiger partial charge in [-0.2, -0.15) is 4.98 Å². The Hall–Kier alpha value is -6.15. The molecule has 5 aromatic rings. The van der Waals surface area contributed by atoms with Crippen molar-refractivity contribution < 1.29 is 38.1 Å². The van der Waals surface area contributed by atoms with Crippen molar-refractivity contribution in [3.63, 3.8) is 0 Å². The number of esters is 3. The molecule has 0 aliphatic carbocycles. The first-order valence-corrected chi connectivity index (χ1v) is 15.4. The highest BCUT2D eigenvalue weighted by atomic mass is 16.7. The highest BCUT2D eigenvalue weighted by molar-refractivity contribution is 5.92. The zero-order chi connectivity index (χ0) is 34.5. The summed E-state index contributed by atoms with van der Waals surface area (Å²) < 4.78 is 25.2. The standard InChI is InChI=1S/C35H31N5O9/c1-20(2)29(41)38-35-37-28-25(30(42)39-35)36-19-40(28)31-27(49-34(45)23-16-10-5-11-17-23)26(48-33(44)22-14-8-4-9-15-22)24(47-31)18-46-32(43)21-12-6-3-7-13-21/h3-17,19-20,24,26-27,31H,18H2,1-2H3,(H2,37,38,39,41,42)/t24-,26?,27?,31-/m0/s1. The molecular formula is C35H31N5O9. The van der Waals surface area contributed by atoms with Gasteiger partial charge in [-0.3, -0.25) is 24.5 Å². The monoisotopic (exact) mass is 665 g/mol. The fraction of sp³-hybridized carbons (Fsp3) is 0.229. The third kappa shape index (κ3) is 7.23. The first kappa shape index (κ1) is 32.8. The average molecular weight is 666 g/mol. The van der Waals surface area contributed by atoms with Crippen LogP contribution in [0.3, 0.4) is 0 Å². The molecule has 1 aliphatic heterocycles. The van der Waals surface area contributed by atoms with Gasteiger partial charge in [0, 0.05) is 5.92 Å².